The molecule has 0 saturated heterocycles. The number of anilines is 1. The van der Waals surface area contributed by atoms with Gasteiger partial charge in [-0.3, -0.25) is 4.79 Å². The number of benzene rings is 1. The molecule has 2 fully saturated rings. The van der Waals surface area contributed by atoms with Gasteiger partial charge in [-0.1, -0.05) is 11.6 Å². The normalized spacial score (nSPS) is 32.7. The lowest BCUT2D eigenvalue weighted by Gasteiger charge is -2.21. The van der Waals surface area contributed by atoms with Crippen molar-refractivity contribution in [1.82, 2.24) is 0 Å². The van der Waals surface area contributed by atoms with Crippen molar-refractivity contribution >= 4 is 23.2 Å². The Hall–Kier alpha value is -1.06. The van der Waals surface area contributed by atoms with Gasteiger partial charge in [0.15, 0.2) is 0 Å². The molecule has 1 amide bonds. The fraction of sp³-hybridized carbons (Fsp3) is 0.533. The second-order valence-corrected chi connectivity index (χ2v) is 6.60. The summed E-state index contributed by atoms with van der Waals surface area (Å²) >= 11 is 6.27. The van der Waals surface area contributed by atoms with Crippen LogP contribution in [0.2, 0.25) is 5.02 Å². The van der Waals surface area contributed by atoms with E-state index < -0.39 is 6.10 Å². The van der Waals surface area contributed by atoms with Gasteiger partial charge in [-0.2, -0.15) is 0 Å². The fourth-order valence-electron chi connectivity index (χ4n) is 3.77. The summed E-state index contributed by atoms with van der Waals surface area (Å²) in [5.74, 6) is 2.02. The van der Waals surface area contributed by atoms with Gasteiger partial charge >= 0.3 is 0 Å². The van der Waals surface area contributed by atoms with Crippen LogP contribution in [0.1, 0.15) is 36.5 Å². The molecule has 0 bridgehead atoms. The predicted molar refractivity (Wildman–Crippen MR) is 73.1 cm³/mol. The number of nitrogens with one attached hydrogen (secondary N) is 1. The Bertz CT molecular complexity index is 562. The maximum absolute atomic E-state index is 11.4. The van der Waals surface area contributed by atoms with Crippen LogP contribution in [-0.2, 0) is 11.2 Å². The van der Waals surface area contributed by atoms with Gasteiger partial charge in [0.05, 0.1) is 12.5 Å². The van der Waals surface area contributed by atoms with Crippen LogP contribution >= 0.6 is 11.6 Å². The molecule has 4 heteroatoms. The highest BCUT2D eigenvalue weighted by molar-refractivity contribution is 6.32. The van der Waals surface area contributed by atoms with Gasteiger partial charge in [0.1, 0.15) is 0 Å². The van der Waals surface area contributed by atoms with Crippen molar-refractivity contribution in [3.05, 3.63) is 28.3 Å². The minimum atomic E-state index is -0.485. The van der Waals surface area contributed by atoms with E-state index in [-0.39, 0.29) is 5.91 Å². The number of halogens is 1. The first-order valence-electron chi connectivity index (χ1n) is 6.92. The lowest BCUT2D eigenvalue weighted by molar-refractivity contribution is -0.115. The van der Waals surface area contributed by atoms with Crippen LogP contribution in [0.4, 0.5) is 5.69 Å². The molecule has 3 aliphatic rings. The van der Waals surface area contributed by atoms with E-state index in [1.165, 1.54) is 6.42 Å². The number of carbonyl (C=O) groups is 1. The Labute approximate surface area is 117 Å². The molecule has 2 N–H and O–H groups in total. The first-order chi connectivity index (χ1) is 9.11. The number of hydrogen-bond acceptors (Lipinski definition) is 2. The summed E-state index contributed by atoms with van der Waals surface area (Å²) in [5, 5.41) is 13.9. The molecule has 1 aromatic rings. The minimum absolute atomic E-state index is 0.000169. The monoisotopic (exact) mass is 277 g/mol. The number of amides is 1. The zero-order chi connectivity index (χ0) is 13.1. The molecule has 1 heterocycles. The standard InChI is InChI=1S/C15H16ClNO2/c16-12-6-13-9(5-14(18)17-13)4-11(12)15(19)10-2-7-1-8(7)3-10/h4,6-8,10,15,19H,1-3,5H2,(H,17,18). The molecule has 2 saturated carbocycles. The molecule has 4 rings (SSSR count). The predicted octanol–water partition coefficient (Wildman–Crippen LogP) is 2.91. The third-order valence-electron chi connectivity index (χ3n) is 4.89. The zero-order valence-corrected chi connectivity index (χ0v) is 11.3. The van der Waals surface area contributed by atoms with E-state index in [1.54, 1.807) is 6.07 Å². The third kappa shape index (κ3) is 1.87. The number of carbonyl (C=O) groups excluding carboxylic acids is 1. The number of rotatable bonds is 2. The molecule has 3 atom stereocenters. The molecular weight excluding hydrogens is 262 g/mol. The van der Waals surface area contributed by atoms with Crippen LogP contribution in [-0.4, -0.2) is 11.0 Å². The Kier molecular flexibility index (Phi) is 2.45. The Morgan fingerprint density at radius 1 is 1.26 bits per heavy atom. The van der Waals surface area contributed by atoms with Crippen LogP contribution in [0.25, 0.3) is 0 Å². The van der Waals surface area contributed by atoms with Crippen LogP contribution in [0, 0.1) is 17.8 Å². The third-order valence-corrected chi connectivity index (χ3v) is 5.22. The molecule has 0 spiro atoms. The van der Waals surface area contributed by atoms with E-state index in [2.05, 4.69) is 5.32 Å². The fourth-order valence-corrected chi connectivity index (χ4v) is 4.04. The number of aliphatic hydroxyl groups excluding tert-OH is 1. The van der Waals surface area contributed by atoms with Crippen molar-refractivity contribution in [2.75, 3.05) is 5.32 Å². The van der Waals surface area contributed by atoms with Gasteiger partial charge in [0, 0.05) is 10.7 Å². The smallest absolute Gasteiger partial charge is 0.228 e. The van der Waals surface area contributed by atoms with Crippen LogP contribution in [0.15, 0.2) is 12.1 Å². The van der Waals surface area contributed by atoms with Crippen molar-refractivity contribution in [3.63, 3.8) is 0 Å². The average Bonchev–Trinajstić information content (AvgIpc) is 2.81. The van der Waals surface area contributed by atoms with Crippen LogP contribution in [0.3, 0.4) is 0 Å². The maximum atomic E-state index is 11.4. The van der Waals surface area contributed by atoms with E-state index in [0.717, 1.165) is 41.5 Å². The van der Waals surface area contributed by atoms with Crippen molar-refractivity contribution in [2.24, 2.45) is 17.8 Å². The van der Waals surface area contributed by atoms with Crippen molar-refractivity contribution < 1.29 is 9.90 Å². The van der Waals surface area contributed by atoms with E-state index in [0.29, 0.717) is 17.4 Å². The Balaban J connectivity index is 1.63. The second kappa shape index (κ2) is 3.97. The van der Waals surface area contributed by atoms with E-state index >= 15 is 0 Å². The molecule has 0 radical (unpaired) electrons. The number of fused-ring (bicyclic) bond motifs is 2. The lowest BCUT2D eigenvalue weighted by atomic mass is 9.90. The van der Waals surface area contributed by atoms with Gasteiger partial charge < -0.3 is 10.4 Å². The summed E-state index contributed by atoms with van der Waals surface area (Å²) in [7, 11) is 0. The quantitative estimate of drug-likeness (QED) is 0.873. The summed E-state index contributed by atoms with van der Waals surface area (Å²) in [6.07, 6.45) is 3.50. The second-order valence-electron chi connectivity index (χ2n) is 6.19. The number of hydrogen-bond donors (Lipinski definition) is 2. The van der Waals surface area contributed by atoms with Gasteiger partial charge in [-0.15, -0.1) is 0 Å². The van der Waals surface area contributed by atoms with Crippen LogP contribution < -0.4 is 5.32 Å². The summed E-state index contributed by atoms with van der Waals surface area (Å²) in [6, 6.07) is 3.68. The van der Waals surface area contributed by atoms with Crippen LogP contribution in [0.5, 0.6) is 0 Å². The SMILES string of the molecule is O=C1Cc2cc(C(O)C3CC4CC4C3)c(Cl)cc2N1. The van der Waals surface area contributed by atoms with Crippen molar-refractivity contribution in [2.45, 2.75) is 31.8 Å². The highest BCUT2D eigenvalue weighted by atomic mass is 35.5. The lowest BCUT2D eigenvalue weighted by Crippen LogP contribution is -2.11. The molecule has 19 heavy (non-hydrogen) atoms. The number of aliphatic hydroxyl groups is 1. The van der Waals surface area contributed by atoms with Gasteiger partial charge in [0.25, 0.3) is 0 Å². The summed E-state index contributed by atoms with van der Waals surface area (Å²) in [5.41, 5.74) is 2.54. The maximum Gasteiger partial charge on any atom is 0.228 e. The molecule has 3 unspecified atom stereocenters. The summed E-state index contributed by atoms with van der Waals surface area (Å²) in [6.45, 7) is 0. The summed E-state index contributed by atoms with van der Waals surface area (Å²) < 4.78 is 0. The highest BCUT2D eigenvalue weighted by Gasteiger charge is 2.48. The van der Waals surface area contributed by atoms with Crippen molar-refractivity contribution in [3.8, 4) is 0 Å². The van der Waals surface area contributed by atoms with Gasteiger partial charge in [0.2, 0.25) is 5.91 Å². The highest BCUT2D eigenvalue weighted by Crippen LogP contribution is 2.57. The zero-order valence-electron chi connectivity index (χ0n) is 10.5. The first kappa shape index (κ1) is 11.7. The molecule has 1 aliphatic heterocycles. The largest absolute Gasteiger partial charge is 0.388 e. The topological polar surface area (TPSA) is 49.3 Å². The average molecular weight is 278 g/mol. The van der Waals surface area contributed by atoms with E-state index in [4.69, 9.17) is 11.6 Å². The van der Waals surface area contributed by atoms with Gasteiger partial charge in [-0.25, -0.2) is 0 Å². The molecule has 2 aliphatic carbocycles. The van der Waals surface area contributed by atoms with Crippen molar-refractivity contribution in [1.29, 1.82) is 0 Å². The molecular formula is C15H16ClNO2. The van der Waals surface area contributed by atoms with E-state index in [9.17, 15) is 9.90 Å². The molecule has 0 aromatic heterocycles. The summed E-state index contributed by atoms with van der Waals surface area (Å²) in [4.78, 5) is 11.4. The van der Waals surface area contributed by atoms with Gasteiger partial charge in [-0.05, 0) is 60.3 Å². The first-order valence-corrected chi connectivity index (χ1v) is 7.30. The molecule has 3 nitrogen and oxygen atoms in total. The minimum Gasteiger partial charge on any atom is -0.388 e. The Morgan fingerprint density at radius 3 is 2.74 bits per heavy atom. The molecule has 100 valence electrons. The molecule has 1 aromatic carbocycles. The van der Waals surface area contributed by atoms with E-state index in [1.807, 2.05) is 6.07 Å². The Morgan fingerprint density at radius 2 is 2.00 bits per heavy atom.